The monoisotopic (exact) mass is 278 g/mol. The molecule has 20 heavy (non-hydrogen) atoms. The zero-order valence-corrected chi connectivity index (χ0v) is 11.8. The number of carbonyl (C=O) groups excluding carboxylic acids is 1. The molecule has 0 saturated carbocycles. The molecule has 1 aromatic carbocycles. The van der Waals surface area contributed by atoms with Gasteiger partial charge >= 0.3 is 0 Å². The Hall–Kier alpha value is -1.59. The van der Waals surface area contributed by atoms with Crippen LogP contribution in [0.15, 0.2) is 24.3 Å². The van der Waals surface area contributed by atoms with Gasteiger partial charge in [0, 0.05) is 18.9 Å². The number of nitrogens with two attached hydrogens (primary N) is 1. The minimum Gasteiger partial charge on any atom is -0.494 e. The SMILES string of the molecule is CCOc1ccc(NC(=O)C(N)C2CCOCC2)cc1. The van der Waals surface area contributed by atoms with Gasteiger partial charge in [-0.05, 0) is 49.9 Å². The molecular weight excluding hydrogens is 256 g/mol. The average Bonchev–Trinajstić information content (AvgIpc) is 2.49. The number of rotatable bonds is 5. The van der Waals surface area contributed by atoms with E-state index in [1.807, 2.05) is 31.2 Å². The molecule has 0 spiro atoms. The van der Waals surface area contributed by atoms with E-state index < -0.39 is 6.04 Å². The van der Waals surface area contributed by atoms with Crippen molar-refractivity contribution in [3.8, 4) is 5.75 Å². The summed E-state index contributed by atoms with van der Waals surface area (Å²) in [6.45, 7) is 3.94. The van der Waals surface area contributed by atoms with E-state index in [0.717, 1.165) is 24.3 Å². The molecule has 0 radical (unpaired) electrons. The van der Waals surface area contributed by atoms with E-state index >= 15 is 0 Å². The highest BCUT2D eigenvalue weighted by molar-refractivity contribution is 5.94. The molecule has 1 amide bonds. The van der Waals surface area contributed by atoms with E-state index in [9.17, 15) is 4.79 Å². The van der Waals surface area contributed by atoms with Crippen LogP contribution in [0.4, 0.5) is 5.69 Å². The highest BCUT2D eigenvalue weighted by Crippen LogP contribution is 2.20. The molecule has 5 heteroatoms. The number of benzene rings is 1. The van der Waals surface area contributed by atoms with Gasteiger partial charge in [-0.3, -0.25) is 4.79 Å². The van der Waals surface area contributed by atoms with Crippen LogP contribution >= 0.6 is 0 Å². The molecule has 0 aromatic heterocycles. The van der Waals surface area contributed by atoms with Gasteiger partial charge in [0.15, 0.2) is 0 Å². The maximum atomic E-state index is 12.1. The van der Waals surface area contributed by atoms with Gasteiger partial charge in [0.1, 0.15) is 5.75 Å². The van der Waals surface area contributed by atoms with Gasteiger partial charge in [0.05, 0.1) is 12.6 Å². The lowest BCUT2D eigenvalue weighted by atomic mass is 9.92. The summed E-state index contributed by atoms with van der Waals surface area (Å²) in [5.41, 5.74) is 6.76. The number of carbonyl (C=O) groups is 1. The van der Waals surface area contributed by atoms with Gasteiger partial charge < -0.3 is 20.5 Å². The van der Waals surface area contributed by atoms with Crippen molar-refractivity contribution >= 4 is 11.6 Å². The molecule has 0 bridgehead atoms. The van der Waals surface area contributed by atoms with Crippen molar-refractivity contribution in [1.29, 1.82) is 0 Å². The third kappa shape index (κ3) is 3.95. The number of hydrogen-bond acceptors (Lipinski definition) is 4. The molecule has 1 fully saturated rings. The summed E-state index contributed by atoms with van der Waals surface area (Å²) in [6.07, 6.45) is 1.69. The Labute approximate surface area is 119 Å². The highest BCUT2D eigenvalue weighted by Gasteiger charge is 2.26. The maximum absolute atomic E-state index is 12.1. The molecule has 3 N–H and O–H groups in total. The largest absolute Gasteiger partial charge is 0.494 e. The summed E-state index contributed by atoms with van der Waals surface area (Å²) < 4.78 is 10.6. The molecular formula is C15H22N2O3. The highest BCUT2D eigenvalue weighted by atomic mass is 16.5. The van der Waals surface area contributed by atoms with Crippen molar-refractivity contribution in [2.24, 2.45) is 11.7 Å². The number of ether oxygens (including phenoxy) is 2. The van der Waals surface area contributed by atoms with Crippen LogP contribution in [0.1, 0.15) is 19.8 Å². The molecule has 1 heterocycles. The Morgan fingerprint density at radius 1 is 1.40 bits per heavy atom. The lowest BCUT2D eigenvalue weighted by Crippen LogP contribution is -2.43. The molecule has 1 aliphatic heterocycles. The van der Waals surface area contributed by atoms with E-state index in [4.69, 9.17) is 15.2 Å². The van der Waals surface area contributed by atoms with Crippen molar-refractivity contribution in [3.63, 3.8) is 0 Å². The summed E-state index contributed by atoms with van der Waals surface area (Å²) in [5.74, 6) is 0.853. The van der Waals surface area contributed by atoms with E-state index in [2.05, 4.69) is 5.32 Å². The average molecular weight is 278 g/mol. The number of nitrogens with one attached hydrogen (secondary N) is 1. The summed E-state index contributed by atoms with van der Waals surface area (Å²) in [5, 5.41) is 2.85. The summed E-state index contributed by atoms with van der Waals surface area (Å²) >= 11 is 0. The third-order valence-corrected chi connectivity index (χ3v) is 3.51. The van der Waals surface area contributed by atoms with Crippen LogP contribution in [0.5, 0.6) is 5.75 Å². The summed E-state index contributed by atoms with van der Waals surface area (Å²) in [6, 6.07) is 6.82. The Morgan fingerprint density at radius 3 is 2.65 bits per heavy atom. The molecule has 2 rings (SSSR count). The van der Waals surface area contributed by atoms with Crippen molar-refractivity contribution in [2.75, 3.05) is 25.1 Å². The summed E-state index contributed by atoms with van der Waals surface area (Å²) in [4.78, 5) is 12.1. The number of amides is 1. The first-order valence-electron chi connectivity index (χ1n) is 7.07. The first kappa shape index (κ1) is 14.8. The maximum Gasteiger partial charge on any atom is 0.241 e. The molecule has 1 atom stereocenters. The number of hydrogen-bond donors (Lipinski definition) is 2. The lowest BCUT2D eigenvalue weighted by Gasteiger charge is -2.26. The molecule has 0 aliphatic carbocycles. The van der Waals surface area contributed by atoms with Gasteiger partial charge in [-0.2, -0.15) is 0 Å². The van der Waals surface area contributed by atoms with E-state index in [1.54, 1.807) is 0 Å². The van der Waals surface area contributed by atoms with E-state index in [-0.39, 0.29) is 11.8 Å². The fourth-order valence-corrected chi connectivity index (χ4v) is 2.32. The summed E-state index contributed by atoms with van der Waals surface area (Å²) in [7, 11) is 0. The Balaban J connectivity index is 1.89. The second-order valence-corrected chi connectivity index (χ2v) is 4.92. The second-order valence-electron chi connectivity index (χ2n) is 4.92. The van der Waals surface area contributed by atoms with Crippen LogP contribution in [-0.4, -0.2) is 31.8 Å². The smallest absolute Gasteiger partial charge is 0.241 e. The van der Waals surface area contributed by atoms with E-state index in [1.165, 1.54) is 0 Å². The van der Waals surface area contributed by atoms with Gasteiger partial charge in [0.25, 0.3) is 0 Å². The fourth-order valence-electron chi connectivity index (χ4n) is 2.32. The van der Waals surface area contributed by atoms with Crippen LogP contribution in [0.25, 0.3) is 0 Å². The molecule has 110 valence electrons. The number of anilines is 1. The van der Waals surface area contributed by atoms with Crippen LogP contribution in [0.2, 0.25) is 0 Å². The molecule has 1 aliphatic rings. The normalized spacial score (nSPS) is 17.5. The topological polar surface area (TPSA) is 73.6 Å². The quantitative estimate of drug-likeness (QED) is 0.861. The van der Waals surface area contributed by atoms with E-state index in [0.29, 0.717) is 19.8 Å². The minimum atomic E-state index is -0.481. The Kier molecular flexibility index (Phi) is 5.38. The van der Waals surface area contributed by atoms with Gasteiger partial charge in [-0.1, -0.05) is 0 Å². The standard InChI is InChI=1S/C15H22N2O3/c1-2-20-13-5-3-12(4-6-13)17-15(18)14(16)11-7-9-19-10-8-11/h3-6,11,14H,2,7-10,16H2,1H3,(H,17,18). The van der Waals surface area contributed by atoms with Crippen LogP contribution in [0.3, 0.4) is 0 Å². The molecule has 1 aromatic rings. The zero-order chi connectivity index (χ0) is 14.4. The van der Waals surface area contributed by atoms with Crippen molar-refractivity contribution in [2.45, 2.75) is 25.8 Å². The molecule has 5 nitrogen and oxygen atoms in total. The first-order valence-corrected chi connectivity index (χ1v) is 7.07. The predicted molar refractivity (Wildman–Crippen MR) is 77.8 cm³/mol. The zero-order valence-electron chi connectivity index (χ0n) is 11.8. The van der Waals surface area contributed by atoms with Crippen molar-refractivity contribution in [1.82, 2.24) is 0 Å². The van der Waals surface area contributed by atoms with Gasteiger partial charge in [0.2, 0.25) is 5.91 Å². The van der Waals surface area contributed by atoms with Crippen molar-refractivity contribution < 1.29 is 14.3 Å². The predicted octanol–water partition coefficient (Wildman–Crippen LogP) is 1.78. The Morgan fingerprint density at radius 2 is 2.05 bits per heavy atom. The third-order valence-electron chi connectivity index (χ3n) is 3.51. The van der Waals surface area contributed by atoms with Crippen LogP contribution in [-0.2, 0) is 9.53 Å². The van der Waals surface area contributed by atoms with Crippen LogP contribution < -0.4 is 15.8 Å². The first-order chi connectivity index (χ1) is 9.70. The van der Waals surface area contributed by atoms with Gasteiger partial charge in [-0.25, -0.2) is 0 Å². The minimum absolute atomic E-state index is 0.138. The van der Waals surface area contributed by atoms with Crippen molar-refractivity contribution in [3.05, 3.63) is 24.3 Å². The lowest BCUT2D eigenvalue weighted by molar-refractivity contribution is -0.119. The Bertz CT molecular complexity index is 427. The fraction of sp³-hybridized carbons (Fsp3) is 0.533. The second kappa shape index (κ2) is 7.26. The van der Waals surface area contributed by atoms with Gasteiger partial charge in [-0.15, -0.1) is 0 Å². The molecule has 1 unspecified atom stereocenters. The van der Waals surface area contributed by atoms with Crippen LogP contribution in [0, 0.1) is 5.92 Å². The molecule has 1 saturated heterocycles.